The Morgan fingerprint density at radius 1 is 0.796 bits per heavy atom. The lowest BCUT2D eigenvalue weighted by Crippen LogP contribution is -2.64. The Morgan fingerprint density at radius 2 is 1.45 bits per heavy atom. The van der Waals surface area contributed by atoms with E-state index in [0.717, 1.165) is 0 Å². The average molecular weight is 695 g/mol. The summed E-state index contributed by atoms with van der Waals surface area (Å²) in [6.45, 7) is 0.667. The molecule has 4 rings (SSSR count). The summed E-state index contributed by atoms with van der Waals surface area (Å²) in [6.07, 6.45) is -9.15. The molecule has 2 saturated heterocycles. The minimum atomic E-state index is -1.74. The van der Waals surface area contributed by atoms with Gasteiger partial charge in [0.15, 0.2) is 35.4 Å². The van der Waals surface area contributed by atoms with Crippen molar-refractivity contribution < 1.29 is 78.4 Å². The molecule has 0 amide bonds. The van der Waals surface area contributed by atoms with Crippen molar-refractivity contribution in [3.05, 3.63) is 53.6 Å². The predicted octanol–water partition coefficient (Wildman–Crippen LogP) is -0.282. The van der Waals surface area contributed by atoms with Crippen LogP contribution in [0.15, 0.2) is 42.5 Å². The molecule has 2 fully saturated rings. The van der Waals surface area contributed by atoms with Crippen molar-refractivity contribution in [3.63, 3.8) is 0 Å². The second kappa shape index (κ2) is 17.1. The molecule has 16 nitrogen and oxygen atoms in total. The van der Waals surface area contributed by atoms with Crippen molar-refractivity contribution in [2.24, 2.45) is 0 Å². The van der Waals surface area contributed by atoms with Crippen LogP contribution >= 0.6 is 0 Å². The van der Waals surface area contributed by atoms with E-state index in [-0.39, 0.29) is 35.4 Å². The van der Waals surface area contributed by atoms with E-state index in [9.17, 15) is 40.5 Å². The number of esters is 1. The van der Waals surface area contributed by atoms with Crippen LogP contribution in [0.1, 0.15) is 18.1 Å². The number of carbonyl (C=O) groups is 1. The summed E-state index contributed by atoms with van der Waals surface area (Å²) >= 11 is 0. The van der Waals surface area contributed by atoms with Crippen molar-refractivity contribution in [1.82, 2.24) is 0 Å². The zero-order chi connectivity index (χ0) is 35.8. The van der Waals surface area contributed by atoms with Crippen molar-refractivity contribution in [2.75, 3.05) is 34.5 Å². The van der Waals surface area contributed by atoms with Crippen molar-refractivity contribution in [3.8, 4) is 28.7 Å². The Balaban J connectivity index is 1.48. The molecule has 0 aliphatic carbocycles. The molecule has 0 spiro atoms. The Kier molecular flexibility index (Phi) is 13.2. The van der Waals surface area contributed by atoms with Gasteiger partial charge in [-0.05, 0) is 54.5 Å². The van der Waals surface area contributed by atoms with Gasteiger partial charge < -0.3 is 73.6 Å². The average Bonchev–Trinajstić information content (AvgIpc) is 3.10. The quantitative estimate of drug-likeness (QED) is 0.106. The Labute approximate surface area is 281 Å². The normalized spacial score (nSPS) is 30.3. The highest BCUT2D eigenvalue weighted by atomic mass is 16.8. The van der Waals surface area contributed by atoms with Gasteiger partial charge in [-0.1, -0.05) is 12.1 Å². The lowest BCUT2D eigenvalue weighted by molar-refractivity contribution is -0.354. The lowest BCUT2D eigenvalue weighted by Gasteiger charge is -2.45. The van der Waals surface area contributed by atoms with Crippen LogP contribution in [0.3, 0.4) is 0 Å². The molecule has 10 unspecified atom stereocenters. The second-order valence-corrected chi connectivity index (χ2v) is 11.2. The second-order valence-electron chi connectivity index (χ2n) is 11.2. The number of phenolic OH excluding ortho intramolecular Hbond substituents is 1. The zero-order valence-corrected chi connectivity index (χ0v) is 27.2. The molecule has 10 atom stereocenters. The van der Waals surface area contributed by atoms with E-state index in [0.29, 0.717) is 11.1 Å². The number of carbonyl (C=O) groups excluding carboxylic acids is 1. The summed E-state index contributed by atoms with van der Waals surface area (Å²) in [5.74, 6) is -0.131. The first-order chi connectivity index (χ1) is 23.4. The van der Waals surface area contributed by atoms with Gasteiger partial charge in [-0.25, -0.2) is 4.79 Å². The van der Waals surface area contributed by atoms with Gasteiger partial charge in [-0.2, -0.15) is 0 Å². The molecule has 16 heteroatoms. The molecule has 2 aromatic carbocycles. The number of aliphatic hydroxyl groups excluding tert-OH is 6. The highest BCUT2D eigenvalue weighted by molar-refractivity contribution is 5.87. The van der Waals surface area contributed by atoms with E-state index in [1.54, 1.807) is 36.4 Å². The number of aromatic hydroxyl groups is 1. The smallest absolute Gasteiger partial charge is 0.331 e. The fourth-order valence-electron chi connectivity index (χ4n) is 5.13. The summed E-state index contributed by atoms with van der Waals surface area (Å²) in [5.41, 5.74) is 1.16. The fourth-order valence-corrected chi connectivity index (χ4v) is 5.13. The maximum Gasteiger partial charge on any atom is 0.331 e. The first-order valence-electron chi connectivity index (χ1n) is 15.2. The molecular weight excluding hydrogens is 652 g/mol. The van der Waals surface area contributed by atoms with Gasteiger partial charge in [0, 0.05) is 6.08 Å². The van der Waals surface area contributed by atoms with Crippen LogP contribution in [-0.2, 0) is 23.7 Å². The maximum absolute atomic E-state index is 12.2. The lowest BCUT2D eigenvalue weighted by atomic mass is 9.97. The van der Waals surface area contributed by atoms with Gasteiger partial charge in [-0.3, -0.25) is 0 Å². The van der Waals surface area contributed by atoms with Gasteiger partial charge in [0.2, 0.25) is 12.0 Å². The number of benzene rings is 2. The zero-order valence-electron chi connectivity index (χ0n) is 27.2. The minimum Gasteiger partial charge on any atom is -0.504 e. The van der Waals surface area contributed by atoms with Crippen LogP contribution < -0.4 is 18.9 Å². The molecular formula is C33H42O16. The third kappa shape index (κ3) is 8.99. The first kappa shape index (κ1) is 37.8. The topological polar surface area (TPSA) is 233 Å². The first-order valence-corrected chi connectivity index (χ1v) is 15.2. The van der Waals surface area contributed by atoms with Crippen LogP contribution in [0, 0.1) is 0 Å². The van der Waals surface area contributed by atoms with Gasteiger partial charge in [0.05, 0.1) is 34.0 Å². The summed E-state index contributed by atoms with van der Waals surface area (Å²) in [6, 6.07) is 7.73. The van der Waals surface area contributed by atoms with Crippen LogP contribution in [-0.4, -0.2) is 138 Å². The monoisotopic (exact) mass is 694 g/mol. The Bertz CT molecular complexity index is 1440. The van der Waals surface area contributed by atoms with E-state index < -0.39 is 74.0 Å². The number of hydrogen-bond acceptors (Lipinski definition) is 16. The van der Waals surface area contributed by atoms with E-state index in [2.05, 4.69) is 0 Å². The third-order valence-electron chi connectivity index (χ3n) is 7.89. The third-order valence-corrected chi connectivity index (χ3v) is 7.89. The maximum atomic E-state index is 12.2. The number of methoxy groups -OCH3 is 3. The Hall–Kier alpha value is -3.97. The number of ether oxygens (including phenoxy) is 8. The minimum absolute atomic E-state index is 0.0163. The van der Waals surface area contributed by atoms with Gasteiger partial charge >= 0.3 is 5.97 Å². The molecule has 49 heavy (non-hydrogen) atoms. The standard InChI is InChI=1S/C33H42O16/c1-16-25(37)27(39)29(41)32(46-16)49-31-28(40)26(38)23(15-34)47-33(31)48-30-21(43-3)13-18(14-22(30)44-4)6-5-11-45-24(36)10-8-17-7-9-19(35)20(12-17)42-2/h5-10,12-14,16,23,25-29,31-35,37-41H,11,15H2,1-4H3. The molecule has 7 N–H and O–H groups in total. The number of hydrogen-bond donors (Lipinski definition) is 7. The summed E-state index contributed by atoms with van der Waals surface area (Å²) in [5, 5.41) is 71.7. The summed E-state index contributed by atoms with van der Waals surface area (Å²) in [7, 11) is 4.13. The highest BCUT2D eigenvalue weighted by Crippen LogP contribution is 2.41. The molecule has 270 valence electrons. The molecule has 2 aromatic rings. The van der Waals surface area contributed by atoms with Crippen molar-refractivity contribution >= 4 is 18.1 Å². The van der Waals surface area contributed by atoms with E-state index >= 15 is 0 Å². The van der Waals surface area contributed by atoms with E-state index in [1.165, 1.54) is 46.5 Å². The SMILES string of the molecule is COc1cc(C=CC(=O)OCC=Cc2cc(OC)c(OC3OC(CO)C(O)C(O)C3OC3OC(C)C(O)C(O)C3O)c(OC)c2)ccc1O. The van der Waals surface area contributed by atoms with E-state index in [1.807, 2.05) is 0 Å². The predicted molar refractivity (Wildman–Crippen MR) is 169 cm³/mol. The molecule has 0 aromatic heterocycles. The van der Waals surface area contributed by atoms with Crippen LogP contribution in [0.25, 0.3) is 12.2 Å². The Morgan fingerprint density at radius 3 is 2.08 bits per heavy atom. The van der Waals surface area contributed by atoms with Gasteiger partial charge in [0.25, 0.3) is 0 Å². The molecule has 0 saturated carbocycles. The molecule has 2 aliphatic heterocycles. The molecule has 2 aliphatic rings. The highest BCUT2D eigenvalue weighted by Gasteiger charge is 2.51. The fraction of sp³-hybridized carbons (Fsp3) is 0.485. The van der Waals surface area contributed by atoms with Crippen molar-refractivity contribution in [2.45, 2.75) is 68.3 Å². The molecule has 2 heterocycles. The molecule has 0 bridgehead atoms. The van der Waals surface area contributed by atoms with Crippen LogP contribution in [0.4, 0.5) is 0 Å². The number of rotatable bonds is 13. The largest absolute Gasteiger partial charge is 0.504 e. The van der Waals surface area contributed by atoms with Gasteiger partial charge in [0.1, 0.15) is 43.2 Å². The summed E-state index contributed by atoms with van der Waals surface area (Å²) < 4.78 is 44.3. The number of aliphatic hydroxyl groups is 6. The van der Waals surface area contributed by atoms with Crippen LogP contribution in [0.2, 0.25) is 0 Å². The van der Waals surface area contributed by atoms with Crippen LogP contribution in [0.5, 0.6) is 28.7 Å². The molecule has 0 radical (unpaired) electrons. The van der Waals surface area contributed by atoms with Crippen molar-refractivity contribution in [1.29, 1.82) is 0 Å². The van der Waals surface area contributed by atoms with Gasteiger partial charge in [-0.15, -0.1) is 0 Å². The summed E-state index contributed by atoms with van der Waals surface area (Å²) in [4.78, 5) is 12.2. The van der Waals surface area contributed by atoms with E-state index in [4.69, 9.17) is 37.9 Å². The number of phenols is 1.